The van der Waals surface area contributed by atoms with Crippen molar-refractivity contribution >= 4 is 11.9 Å². The summed E-state index contributed by atoms with van der Waals surface area (Å²) in [5, 5.41) is 8.91. The molecule has 0 aliphatic rings. The van der Waals surface area contributed by atoms with Crippen LogP contribution in [0.25, 0.3) is 0 Å². The third kappa shape index (κ3) is 4.73. The van der Waals surface area contributed by atoms with Crippen LogP contribution in [0.1, 0.15) is 47.4 Å². The van der Waals surface area contributed by atoms with E-state index in [0.29, 0.717) is 18.0 Å². The SMILES string of the molecule is CC(C)CCCN(C)C(=O)c1cccc(C(=O)O)c1. The molecule has 0 atom stereocenters. The monoisotopic (exact) mass is 263 g/mol. The van der Waals surface area contributed by atoms with Gasteiger partial charge in [0.05, 0.1) is 5.56 Å². The maximum Gasteiger partial charge on any atom is 0.335 e. The summed E-state index contributed by atoms with van der Waals surface area (Å²) in [6.45, 7) is 4.99. The smallest absolute Gasteiger partial charge is 0.335 e. The van der Waals surface area contributed by atoms with Crippen molar-refractivity contribution in [1.82, 2.24) is 4.90 Å². The molecule has 1 amide bonds. The Kier molecular flexibility index (Phi) is 5.55. The van der Waals surface area contributed by atoms with Crippen LogP contribution in [0, 0.1) is 5.92 Å². The summed E-state index contributed by atoms with van der Waals surface area (Å²) in [5.41, 5.74) is 0.563. The van der Waals surface area contributed by atoms with Crippen molar-refractivity contribution in [1.29, 1.82) is 0 Å². The Bertz CT molecular complexity index is 454. The lowest BCUT2D eigenvalue weighted by atomic mass is 10.1. The molecule has 1 aromatic carbocycles. The summed E-state index contributed by atoms with van der Waals surface area (Å²) < 4.78 is 0. The highest BCUT2D eigenvalue weighted by Crippen LogP contribution is 2.10. The van der Waals surface area contributed by atoms with Crippen LogP contribution in [0.4, 0.5) is 0 Å². The summed E-state index contributed by atoms with van der Waals surface area (Å²) in [6.07, 6.45) is 2.03. The number of rotatable bonds is 6. The molecule has 1 aromatic rings. The van der Waals surface area contributed by atoms with E-state index in [4.69, 9.17) is 5.11 Å². The largest absolute Gasteiger partial charge is 0.478 e. The maximum atomic E-state index is 12.1. The Balaban J connectivity index is 2.66. The first-order valence-corrected chi connectivity index (χ1v) is 6.50. The predicted molar refractivity (Wildman–Crippen MR) is 74.4 cm³/mol. The standard InChI is InChI=1S/C15H21NO3/c1-11(2)6-5-9-16(3)14(17)12-7-4-8-13(10-12)15(18)19/h4,7-8,10-11H,5-6,9H2,1-3H3,(H,18,19). The number of aromatic carboxylic acids is 1. The molecule has 0 heterocycles. The molecule has 0 aliphatic heterocycles. The Morgan fingerprint density at radius 3 is 2.47 bits per heavy atom. The molecular weight excluding hydrogens is 242 g/mol. The van der Waals surface area contributed by atoms with E-state index in [9.17, 15) is 9.59 Å². The van der Waals surface area contributed by atoms with Gasteiger partial charge in [0, 0.05) is 19.2 Å². The van der Waals surface area contributed by atoms with Crippen molar-refractivity contribution in [3.63, 3.8) is 0 Å². The molecule has 4 heteroatoms. The second-order valence-corrected chi connectivity index (χ2v) is 5.15. The van der Waals surface area contributed by atoms with Gasteiger partial charge in [-0.25, -0.2) is 4.79 Å². The van der Waals surface area contributed by atoms with Gasteiger partial charge in [0.25, 0.3) is 5.91 Å². The molecule has 104 valence electrons. The number of carbonyl (C=O) groups excluding carboxylic acids is 1. The van der Waals surface area contributed by atoms with E-state index in [1.165, 1.54) is 12.1 Å². The van der Waals surface area contributed by atoms with Gasteiger partial charge in [-0.05, 0) is 37.0 Å². The van der Waals surface area contributed by atoms with Gasteiger partial charge in [0.1, 0.15) is 0 Å². The lowest BCUT2D eigenvalue weighted by molar-refractivity contribution is 0.0697. The zero-order valence-corrected chi connectivity index (χ0v) is 11.7. The summed E-state index contributed by atoms with van der Waals surface area (Å²) in [5.74, 6) is -0.525. The Hall–Kier alpha value is -1.84. The molecule has 0 aromatic heterocycles. The molecular formula is C15H21NO3. The topological polar surface area (TPSA) is 57.6 Å². The minimum atomic E-state index is -1.02. The average Bonchev–Trinajstić information content (AvgIpc) is 2.37. The van der Waals surface area contributed by atoms with Gasteiger partial charge in [0.2, 0.25) is 0 Å². The van der Waals surface area contributed by atoms with Crippen molar-refractivity contribution in [3.8, 4) is 0 Å². The lowest BCUT2D eigenvalue weighted by Crippen LogP contribution is -2.28. The molecule has 4 nitrogen and oxygen atoms in total. The van der Waals surface area contributed by atoms with Gasteiger partial charge >= 0.3 is 5.97 Å². The zero-order valence-electron chi connectivity index (χ0n) is 11.7. The Morgan fingerprint density at radius 2 is 1.89 bits per heavy atom. The highest BCUT2D eigenvalue weighted by atomic mass is 16.4. The van der Waals surface area contributed by atoms with Crippen LogP contribution in [0.15, 0.2) is 24.3 Å². The van der Waals surface area contributed by atoms with Crippen molar-refractivity contribution in [2.75, 3.05) is 13.6 Å². The molecule has 0 unspecified atom stereocenters. The first-order chi connectivity index (χ1) is 8.91. The summed E-state index contributed by atoms with van der Waals surface area (Å²) in [7, 11) is 1.75. The third-order valence-corrected chi connectivity index (χ3v) is 2.98. The number of carboxylic acids is 1. The van der Waals surface area contributed by atoms with Crippen LogP contribution in [0.3, 0.4) is 0 Å². The number of carboxylic acid groups (broad SMARTS) is 1. The molecule has 19 heavy (non-hydrogen) atoms. The van der Waals surface area contributed by atoms with Crippen LogP contribution in [0.2, 0.25) is 0 Å². The zero-order chi connectivity index (χ0) is 14.4. The number of hydrogen-bond donors (Lipinski definition) is 1. The van der Waals surface area contributed by atoms with Crippen LogP contribution in [-0.2, 0) is 0 Å². The number of nitrogens with zero attached hydrogens (tertiary/aromatic N) is 1. The number of carbonyl (C=O) groups is 2. The molecule has 0 saturated heterocycles. The van der Waals surface area contributed by atoms with Gasteiger partial charge in [0.15, 0.2) is 0 Å². The fraction of sp³-hybridized carbons (Fsp3) is 0.467. The van der Waals surface area contributed by atoms with Gasteiger partial charge in [-0.2, -0.15) is 0 Å². The fourth-order valence-electron chi connectivity index (χ4n) is 1.84. The van der Waals surface area contributed by atoms with E-state index in [1.807, 2.05) is 0 Å². The van der Waals surface area contributed by atoms with E-state index in [0.717, 1.165) is 12.8 Å². The van der Waals surface area contributed by atoms with Crippen molar-refractivity contribution < 1.29 is 14.7 Å². The first-order valence-electron chi connectivity index (χ1n) is 6.50. The summed E-state index contributed by atoms with van der Waals surface area (Å²) in [6, 6.07) is 6.15. The van der Waals surface area contributed by atoms with Gasteiger partial charge in [-0.3, -0.25) is 4.79 Å². The Morgan fingerprint density at radius 1 is 1.26 bits per heavy atom. The molecule has 0 spiro atoms. The first kappa shape index (κ1) is 15.2. The average molecular weight is 263 g/mol. The van der Waals surface area contributed by atoms with Gasteiger partial charge in [-0.1, -0.05) is 19.9 Å². The van der Waals surface area contributed by atoms with E-state index < -0.39 is 5.97 Å². The molecule has 0 fully saturated rings. The van der Waals surface area contributed by atoms with E-state index in [2.05, 4.69) is 13.8 Å². The highest BCUT2D eigenvalue weighted by molar-refractivity contribution is 5.97. The summed E-state index contributed by atoms with van der Waals surface area (Å²) >= 11 is 0. The maximum absolute atomic E-state index is 12.1. The van der Waals surface area contributed by atoms with E-state index >= 15 is 0 Å². The predicted octanol–water partition coefficient (Wildman–Crippen LogP) is 2.89. The van der Waals surface area contributed by atoms with Gasteiger partial charge in [-0.15, -0.1) is 0 Å². The second-order valence-electron chi connectivity index (χ2n) is 5.15. The molecule has 0 radical (unpaired) electrons. The molecule has 1 N–H and O–H groups in total. The van der Waals surface area contributed by atoms with Crippen LogP contribution >= 0.6 is 0 Å². The number of amides is 1. The number of benzene rings is 1. The molecule has 1 rings (SSSR count). The van der Waals surface area contributed by atoms with Gasteiger partial charge < -0.3 is 10.0 Å². The van der Waals surface area contributed by atoms with Crippen molar-refractivity contribution in [3.05, 3.63) is 35.4 Å². The minimum Gasteiger partial charge on any atom is -0.478 e. The molecule has 0 aliphatic carbocycles. The summed E-state index contributed by atoms with van der Waals surface area (Å²) in [4.78, 5) is 24.6. The molecule has 0 bridgehead atoms. The van der Waals surface area contributed by atoms with E-state index in [1.54, 1.807) is 24.1 Å². The molecule has 0 saturated carbocycles. The van der Waals surface area contributed by atoms with E-state index in [-0.39, 0.29) is 11.5 Å². The highest BCUT2D eigenvalue weighted by Gasteiger charge is 2.13. The quantitative estimate of drug-likeness (QED) is 0.858. The van der Waals surface area contributed by atoms with Crippen LogP contribution < -0.4 is 0 Å². The van der Waals surface area contributed by atoms with Crippen LogP contribution in [-0.4, -0.2) is 35.5 Å². The van der Waals surface area contributed by atoms with Crippen molar-refractivity contribution in [2.24, 2.45) is 5.92 Å². The second kappa shape index (κ2) is 6.92. The van der Waals surface area contributed by atoms with Crippen LogP contribution in [0.5, 0.6) is 0 Å². The third-order valence-electron chi connectivity index (χ3n) is 2.98. The number of hydrogen-bond acceptors (Lipinski definition) is 2. The lowest BCUT2D eigenvalue weighted by Gasteiger charge is -2.18. The Labute approximate surface area is 114 Å². The fourth-order valence-corrected chi connectivity index (χ4v) is 1.84. The normalized spacial score (nSPS) is 10.5. The van der Waals surface area contributed by atoms with Crippen molar-refractivity contribution in [2.45, 2.75) is 26.7 Å². The minimum absolute atomic E-state index is 0.133.